The summed E-state index contributed by atoms with van der Waals surface area (Å²) >= 11 is 12.6. The van der Waals surface area contributed by atoms with Crippen LogP contribution in [-0.4, -0.2) is 51.5 Å². The molecule has 0 bridgehead atoms. The fraction of sp³-hybridized carbons (Fsp3) is 0.476. The van der Waals surface area contributed by atoms with E-state index in [1.165, 1.54) is 18.2 Å². The van der Waals surface area contributed by atoms with Crippen molar-refractivity contribution in [2.45, 2.75) is 36.6 Å². The molecule has 11 heteroatoms. The van der Waals surface area contributed by atoms with Gasteiger partial charge in [0, 0.05) is 24.5 Å². The minimum Gasteiger partial charge on any atom is -0.370 e. The van der Waals surface area contributed by atoms with Crippen molar-refractivity contribution in [3.05, 3.63) is 46.1 Å². The summed E-state index contributed by atoms with van der Waals surface area (Å²) in [6.07, 6.45) is 4.27. The average Bonchev–Trinajstić information content (AvgIpc) is 3.31. The van der Waals surface area contributed by atoms with Crippen LogP contribution in [0, 0.1) is 17.2 Å². The Balaban J connectivity index is 1.65. The molecule has 1 spiro atoms. The van der Waals surface area contributed by atoms with E-state index in [0.717, 1.165) is 31.7 Å². The van der Waals surface area contributed by atoms with E-state index < -0.39 is 26.7 Å². The highest BCUT2D eigenvalue weighted by molar-refractivity contribution is 7.92. The molecule has 6 nitrogen and oxygen atoms in total. The molecule has 32 heavy (non-hydrogen) atoms. The second-order valence-electron chi connectivity index (χ2n) is 8.69. The first-order valence-corrected chi connectivity index (χ1v) is 12.5. The molecule has 4 rings (SSSR count). The van der Waals surface area contributed by atoms with Gasteiger partial charge in [-0.1, -0.05) is 35.7 Å². The molecular formula is C21H24Cl2F2N4O2S. The molecule has 1 aromatic carbocycles. The Morgan fingerprint density at radius 3 is 2.69 bits per heavy atom. The number of nitrogens with zero attached hydrogens (tertiary/aromatic N) is 3. The van der Waals surface area contributed by atoms with E-state index in [1.54, 1.807) is 0 Å². The van der Waals surface area contributed by atoms with Crippen LogP contribution in [0.25, 0.3) is 0 Å². The topological polar surface area (TPSA) is 65.5 Å². The zero-order valence-corrected chi connectivity index (χ0v) is 20.0. The summed E-state index contributed by atoms with van der Waals surface area (Å²) in [5.41, 5.74) is 0.462. The Morgan fingerprint density at radius 1 is 1.25 bits per heavy atom. The molecule has 2 aliphatic rings. The third-order valence-electron chi connectivity index (χ3n) is 6.53. The lowest BCUT2D eigenvalue weighted by molar-refractivity contribution is 0.153. The lowest BCUT2D eigenvalue weighted by atomic mass is 9.81. The van der Waals surface area contributed by atoms with Gasteiger partial charge in [0.05, 0.1) is 10.7 Å². The number of pyridine rings is 1. The maximum atomic E-state index is 15.3. The third-order valence-corrected chi connectivity index (χ3v) is 8.71. The highest BCUT2D eigenvalue weighted by atomic mass is 35.5. The number of sulfonamides is 1. The fourth-order valence-corrected chi connectivity index (χ4v) is 7.16. The van der Waals surface area contributed by atoms with Gasteiger partial charge in [-0.15, -0.1) is 0 Å². The van der Waals surface area contributed by atoms with Crippen LogP contribution in [0.3, 0.4) is 0 Å². The van der Waals surface area contributed by atoms with Crippen molar-refractivity contribution in [2.75, 3.05) is 36.8 Å². The molecule has 174 valence electrons. The highest BCUT2D eigenvalue weighted by Gasteiger charge is 2.48. The van der Waals surface area contributed by atoms with E-state index in [2.05, 4.69) is 28.7 Å². The molecule has 2 fully saturated rings. The van der Waals surface area contributed by atoms with E-state index >= 15 is 4.39 Å². The average molecular weight is 505 g/mol. The summed E-state index contributed by atoms with van der Waals surface area (Å²) in [7, 11) is -0.345. The highest BCUT2D eigenvalue weighted by Crippen LogP contribution is 2.50. The second-order valence-corrected chi connectivity index (χ2v) is 11.1. The number of rotatable bonds is 5. The predicted molar refractivity (Wildman–Crippen MR) is 122 cm³/mol. The Morgan fingerprint density at radius 2 is 2.00 bits per heavy atom. The van der Waals surface area contributed by atoms with Crippen molar-refractivity contribution >= 4 is 44.7 Å². The second kappa shape index (κ2) is 8.59. The van der Waals surface area contributed by atoms with Crippen LogP contribution < -0.4 is 9.62 Å². The molecular weight excluding hydrogens is 481 g/mol. The van der Waals surface area contributed by atoms with E-state index in [9.17, 15) is 12.8 Å². The van der Waals surface area contributed by atoms with Gasteiger partial charge in [-0.2, -0.15) is 4.39 Å². The molecule has 0 unspecified atom stereocenters. The lowest BCUT2D eigenvalue weighted by Crippen LogP contribution is -2.42. The Labute approximate surface area is 196 Å². The third kappa shape index (κ3) is 4.16. The Kier molecular flexibility index (Phi) is 6.30. The minimum absolute atomic E-state index is 0.0884. The fourth-order valence-electron chi connectivity index (χ4n) is 5.20. The van der Waals surface area contributed by atoms with Crippen LogP contribution in [-0.2, 0) is 10.0 Å². The van der Waals surface area contributed by atoms with Gasteiger partial charge in [-0.25, -0.2) is 17.8 Å². The maximum Gasteiger partial charge on any atom is 0.267 e. The first-order chi connectivity index (χ1) is 15.0. The van der Waals surface area contributed by atoms with Crippen molar-refractivity contribution in [3.8, 4) is 0 Å². The summed E-state index contributed by atoms with van der Waals surface area (Å²) in [5, 5.41) is -0.610. The van der Waals surface area contributed by atoms with Crippen LogP contribution >= 0.6 is 23.2 Å². The zero-order chi connectivity index (χ0) is 23.3. The molecule has 2 atom stereocenters. The van der Waals surface area contributed by atoms with Crippen LogP contribution in [0.1, 0.15) is 25.7 Å². The molecule has 1 saturated heterocycles. The molecule has 2 heterocycles. The number of hydrogen-bond donors (Lipinski definition) is 1. The molecule has 1 saturated carbocycles. The number of benzene rings is 1. The molecule has 1 aromatic heterocycles. The standard InChI is InChI=1S/C21H24Cl2F2N4O2S/c1-28(2)15-5-4-8-21(15)9-10-29(12-21)14-11-13(22)20(19(25)18(14)23)32(30,31)27-17-7-3-6-16(24)26-17/h3,6-7,11,15H,4-5,8-10,12H2,1-2H3,(H,26,27)/t15-,21+/m1/s1. The van der Waals surface area contributed by atoms with Crippen molar-refractivity contribution in [1.29, 1.82) is 0 Å². The van der Waals surface area contributed by atoms with Gasteiger partial charge >= 0.3 is 0 Å². The number of nitrogens with one attached hydrogen (secondary N) is 1. The van der Waals surface area contributed by atoms with Crippen LogP contribution in [0.15, 0.2) is 29.2 Å². The largest absolute Gasteiger partial charge is 0.370 e. The summed E-state index contributed by atoms with van der Waals surface area (Å²) < 4.78 is 56.2. The smallest absolute Gasteiger partial charge is 0.267 e. The summed E-state index contributed by atoms with van der Waals surface area (Å²) in [4.78, 5) is 6.88. The van der Waals surface area contributed by atoms with Crippen LogP contribution in [0.5, 0.6) is 0 Å². The molecule has 1 N–H and O–H groups in total. The summed E-state index contributed by atoms with van der Waals surface area (Å²) in [6.45, 7) is 1.38. The normalized spacial score (nSPS) is 23.5. The van der Waals surface area contributed by atoms with Gasteiger partial charge < -0.3 is 9.80 Å². The van der Waals surface area contributed by atoms with Crippen LogP contribution in [0.4, 0.5) is 20.3 Å². The maximum absolute atomic E-state index is 15.3. The molecule has 1 aliphatic heterocycles. The minimum atomic E-state index is -4.49. The van der Waals surface area contributed by atoms with Crippen molar-refractivity contribution in [3.63, 3.8) is 0 Å². The van der Waals surface area contributed by atoms with Gasteiger partial charge in [0.25, 0.3) is 10.0 Å². The first-order valence-electron chi connectivity index (χ1n) is 10.3. The number of aromatic nitrogens is 1. The van der Waals surface area contributed by atoms with Gasteiger partial charge in [0.2, 0.25) is 5.95 Å². The Hall–Kier alpha value is -1.68. The Bertz CT molecular complexity index is 1150. The molecule has 2 aromatic rings. The molecule has 1 aliphatic carbocycles. The predicted octanol–water partition coefficient (Wildman–Crippen LogP) is 4.78. The number of anilines is 2. The molecule has 0 radical (unpaired) electrons. The van der Waals surface area contributed by atoms with Crippen LogP contribution in [0.2, 0.25) is 10.0 Å². The van der Waals surface area contributed by atoms with Gasteiger partial charge in [-0.05, 0) is 51.6 Å². The monoisotopic (exact) mass is 504 g/mol. The summed E-state index contributed by atoms with van der Waals surface area (Å²) in [6, 6.07) is 5.40. The van der Waals surface area contributed by atoms with Crippen molar-refractivity contribution in [1.82, 2.24) is 9.88 Å². The lowest BCUT2D eigenvalue weighted by Gasteiger charge is -2.36. The van der Waals surface area contributed by atoms with E-state index in [-0.39, 0.29) is 21.3 Å². The van der Waals surface area contributed by atoms with E-state index in [4.69, 9.17) is 23.2 Å². The van der Waals surface area contributed by atoms with Crippen molar-refractivity contribution < 1.29 is 17.2 Å². The SMILES string of the molecule is CN(C)[C@@H]1CCC[C@@]12CCN(c1cc(Cl)c(S(=O)(=O)Nc3cccc(F)n3)c(F)c1Cl)C2. The zero-order valence-electron chi connectivity index (χ0n) is 17.7. The number of halogens is 4. The quantitative estimate of drug-likeness (QED) is 0.468. The number of hydrogen-bond acceptors (Lipinski definition) is 5. The first kappa shape index (κ1) is 23.5. The van der Waals surface area contributed by atoms with Gasteiger partial charge in [0.1, 0.15) is 15.7 Å². The van der Waals surface area contributed by atoms with E-state index in [1.807, 2.05) is 4.90 Å². The van der Waals surface area contributed by atoms with Crippen molar-refractivity contribution in [2.24, 2.45) is 5.41 Å². The summed E-state index contributed by atoms with van der Waals surface area (Å²) in [5.74, 6) is -2.32. The van der Waals surface area contributed by atoms with Gasteiger partial charge in [0.15, 0.2) is 5.82 Å². The van der Waals surface area contributed by atoms with Gasteiger partial charge in [-0.3, -0.25) is 4.72 Å². The molecule has 0 amide bonds. The van der Waals surface area contributed by atoms with E-state index in [0.29, 0.717) is 24.8 Å².